The molecular weight excluding hydrogens is 298 g/mol. The third-order valence-corrected chi connectivity index (χ3v) is 4.32. The molecule has 0 amide bonds. The number of carboxylic acids is 1. The van der Waals surface area contributed by atoms with Gasteiger partial charge in [0.05, 0.1) is 23.2 Å². The summed E-state index contributed by atoms with van der Waals surface area (Å²) >= 11 is 3.40. The van der Waals surface area contributed by atoms with E-state index in [0.717, 1.165) is 42.5 Å². The van der Waals surface area contributed by atoms with Crippen LogP contribution in [0.5, 0.6) is 0 Å². The van der Waals surface area contributed by atoms with Crippen LogP contribution in [0.25, 0.3) is 0 Å². The van der Waals surface area contributed by atoms with E-state index < -0.39 is 5.97 Å². The fraction of sp³-hybridized carbons (Fsp3) is 0.615. The summed E-state index contributed by atoms with van der Waals surface area (Å²) < 4.78 is 6.25. The van der Waals surface area contributed by atoms with Crippen molar-refractivity contribution < 1.29 is 14.3 Å². The highest BCUT2D eigenvalue weighted by atomic mass is 79.9. The Hall–Kier alpha value is -0.810. The lowest BCUT2D eigenvalue weighted by Gasteiger charge is -2.28. The summed E-state index contributed by atoms with van der Waals surface area (Å²) in [4.78, 5) is 11.2. The summed E-state index contributed by atoms with van der Waals surface area (Å²) in [6, 6.07) is 1.86. The topological polar surface area (TPSA) is 62.5 Å². The minimum absolute atomic E-state index is 0.189. The van der Waals surface area contributed by atoms with Crippen molar-refractivity contribution >= 4 is 21.9 Å². The largest absolute Gasteiger partial charge is 0.481 e. The van der Waals surface area contributed by atoms with Crippen LogP contribution in [0, 0.1) is 11.8 Å². The molecule has 0 aromatic carbocycles. The predicted octanol–water partition coefficient (Wildman–Crippen LogP) is 3.02. The Bertz CT molecular complexity index is 405. The van der Waals surface area contributed by atoms with Gasteiger partial charge in [-0.3, -0.25) is 4.79 Å². The molecule has 18 heavy (non-hydrogen) atoms. The molecule has 1 aliphatic carbocycles. The fourth-order valence-corrected chi connectivity index (χ4v) is 2.94. The molecule has 2 atom stereocenters. The van der Waals surface area contributed by atoms with Crippen molar-refractivity contribution in [2.24, 2.45) is 11.8 Å². The number of rotatable bonds is 5. The Balaban J connectivity index is 1.81. The van der Waals surface area contributed by atoms with E-state index in [-0.39, 0.29) is 11.8 Å². The number of carbonyl (C=O) groups is 1. The number of furan rings is 1. The van der Waals surface area contributed by atoms with Gasteiger partial charge in [0.25, 0.3) is 0 Å². The first kappa shape index (κ1) is 13.6. The maximum absolute atomic E-state index is 11.2. The number of hydrogen-bond acceptors (Lipinski definition) is 3. The molecule has 0 spiro atoms. The first-order chi connectivity index (χ1) is 8.68. The van der Waals surface area contributed by atoms with Crippen LogP contribution < -0.4 is 5.32 Å². The summed E-state index contributed by atoms with van der Waals surface area (Å²) in [7, 11) is 0. The Morgan fingerprint density at radius 1 is 1.50 bits per heavy atom. The molecule has 0 radical (unpaired) electrons. The van der Waals surface area contributed by atoms with Crippen LogP contribution in [-0.4, -0.2) is 17.6 Å². The van der Waals surface area contributed by atoms with Crippen molar-refractivity contribution in [2.45, 2.75) is 32.2 Å². The van der Waals surface area contributed by atoms with E-state index >= 15 is 0 Å². The molecule has 2 rings (SSSR count). The summed E-state index contributed by atoms with van der Waals surface area (Å²) in [5, 5.41) is 12.5. The van der Waals surface area contributed by atoms with Gasteiger partial charge in [0.1, 0.15) is 5.76 Å². The molecule has 1 aliphatic rings. The molecule has 1 aromatic heterocycles. The second-order valence-corrected chi connectivity index (χ2v) is 5.67. The third kappa shape index (κ3) is 3.36. The van der Waals surface area contributed by atoms with Gasteiger partial charge in [0.15, 0.2) is 0 Å². The number of halogens is 1. The normalized spacial score (nSPS) is 24.1. The zero-order valence-electron chi connectivity index (χ0n) is 10.2. The van der Waals surface area contributed by atoms with Gasteiger partial charge in [-0.1, -0.05) is 12.8 Å². The molecular formula is C13H18BrNO3. The van der Waals surface area contributed by atoms with Crippen LogP contribution in [0.15, 0.2) is 21.2 Å². The molecule has 2 N–H and O–H groups in total. The fourth-order valence-electron chi connectivity index (χ4n) is 2.60. The smallest absolute Gasteiger partial charge is 0.306 e. The van der Waals surface area contributed by atoms with Gasteiger partial charge in [-0.25, -0.2) is 0 Å². The third-order valence-electron chi connectivity index (χ3n) is 3.61. The van der Waals surface area contributed by atoms with Gasteiger partial charge in [-0.2, -0.15) is 0 Å². The second kappa shape index (κ2) is 6.38. The van der Waals surface area contributed by atoms with E-state index in [9.17, 15) is 9.90 Å². The number of aliphatic carboxylic acids is 1. The molecule has 4 nitrogen and oxygen atoms in total. The molecule has 1 heterocycles. The monoisotopic (exact) mass is 315 g/mol. The highest BCUT2D eigenvalue weighted by Gasteiger charge is 2.30. The van der Waals surface area contributed by atoms with Gasteiger partial charge in [0, 0.05) is 0 Å². The maximum Gasteiger partial charge on any atom is 0.306 e. The number of carboxylic acid groups (broad SMARTS) is 1. The highest BCUT2D eigenvalue weighted by Crippen LogP contribution is 2.29. The molecule has 0 bridgehead atoms. The molecule has 0 saturated heterocycles. The number of nitrogens with one attached hydrogen (secondary N) is 1. The van der Waals surface area contributed by atoms with Gasteiger partial charge in [-0.05, 0) is 47.3 Å². The van der Waals surface area contributed by atoms with Crippen LogP contribution in [0.2, 0.25) is 0 Å². The lowest BCUT2D eigenvalue weighted by atomic mass is 9.79. The average molecular weight is 316 g/mol. The first-order valence-electron chi connectivity index (χ1n) is 6.34. The Morgan fingerprint density at radius 2 is 2.28 bits per heavy atom. The summed E-state index contributed by atoms with van der Waals surface area (Å²) in [5.74, 6) is 0.259. The van der Waals surface area contributed by atoms with Crippen LogP contribution in [0.4, 0.5) is 0 Å². The molecule has 1 fully saturated rings. The van der Waals surface area contributed by atoms with Crippen LogP contribution in [0.3, 0.4) is 0 Å². The van der Waals surface area contributed by atoms with Crippen molar-refractivity contribution in [3.8, 4) is 0 Å². The van der Waals surface area contributed by atoms with Gasteiger partial charge in [0.2, 0.25) is 0 Å². The first-order valence-corrected chi connectivity index (χ1v) is 7.13. The van der Waals surface area contributed by atoms with Crippen molar-refractivity contribution in [1.29, 1.82) is 0 Å². The van der Waals surface area contributed by atoms with Crippen molar-refractivity contribution in [3.05, 3.63) is 22.6 Å². The van der Waals surface area contributed by atoms with Crippen molar-refractivity contribution in [2.75, 3.05) is 6.54 Å². The molecule has 2 unspecified atom stereocenters. The molecule has 1 saturated carbocycles. The zero-order chi connectivity index (χ0) is 13.0. The van der Waals surface area contributed by atoms with E-state index in [1.807, 2.05) is 6.07 Å². The van der Waals surface area contributed by atoms with E-state index in [1.165, 1.54) is 0 Å². The highest BCUT2D eigenvalue weighted by molar-refractivity contribution is 9.10. The standard InChI is InChI=1S/C13H18BrNO3/c14-11-5-6-18-12(11)8-15-7-9-3-1-2-4-10(9)13(16)17/h5-6,9-10,15H,1-4,7-8H2,(H,16,17). The summed E-state index contributed by atoms with van der Waals surface area (Å²) in [6.45, 7) is 1.38. The van der Waals surface area contributed by atoms with E-state index in [4.69, 9.17) is 4.42 Å². The van der Waals surface area contributed by atoms with E-state index in [1.54, 1.807) is 6.26 Å². The summed E-state index contributed by atoms with van der Waals surface area (Å²) in [6.07, 6.45) is 5.63. The Kier molecular flexibility index (Phi) is 4.83. The van der Waals surface area contributed by atoms with Crippen molar-refractivity contribution in [1.82, 2.24) is 5.32 Å². The lowest BCUT2D eigenvalue weighted by molar-refractivity contribution is -0.144. The maximum atomic E-state index is 11.2. The minimum atomic E-state index is -0.652. The molecule has 100 valence electrons. The van der Waals surface area contributed by atoms with Crippen molar-refractivity contribution in [3.63, 3.8) is 0 Å². The lowest BCUT2D eigenvalue weighted by Crippen LogP contribution is -2.34. The predicted molar refractivity (Wildman–Crippen MR) is 71.2 cm³/mol. The Morgan fingerprint density at radius 3 is 2.94 bits per heavy atom. The second-order valence-electron chi connectivity index (χ2n) is 4.81. The van der Waals surface area contributed by atoms with E-state index in [0.29, 0.717) is 6.54 Å². The minimum Gasteiger partial charge on any atom is -0.481 e. The SMILES string of the molecule is O=C(O)C1CCCCC1CNCc1occc1Br. The zero-order valence-corrected chi connectivity index (χ0v) is 11.8. The van der Waals surface area contributed by atoms with Crippen LogP contribution in [-0.2, 0) is 11.3 Å². The van der Waals surface area contributed by atoms with E-state index in [2.05, 4.69) is 21.2 Å². The summed E-state index contributed by atoms with van der Waals surface area (Å²) in [5.41, 5.74) is 0. The number of hydrogen-bond donors (Lipinski definition) is 2. The van der Waals surface area contributed by atoms with Crippen LogP contribution >= 0.6 is 15.9 Å². The molecule has 1 aromatic rings. The molecule has 0 aliphatic heterocycles. The van der Waals surface area contributed by atoms with Gasteiger partial charge < -0.3 is 14.8 Å². The van der Waals surface area contributed by atoms with Gasteiger partial charge in [-0.15, -0.1) is 0 Å². The van der Waals surface area contributed by atoms with Crippen LogP contribution in [0.1, 0.15) is 31.4 Å². The molecule has 5 heteroatoms. The quantitative estimate of drug-likeness (QED) is 0.876. The Labute approximate surface area is 115 Å². The van der Waals surface area contributed by atoms with Gasteiger partial charge >= 0.3 is 5.97 Å². The average Bonchev–Trinajstić information content (AvgIpc) is 2.76.